The number of methoxy groups -OCH3 is 2. The maximum absolute atomic E-state index is 12.8. The van der Waals surface area contributed by atoms with Crippen LogP contribution in [0.4, 0.5) is 5.69 Å². The van der Waals surface area contributed by atoms with Crippen molar-refractivity contribution in [3.05, 3.63) is 48.0 Å². The predicted molar refractivity (Wildman–Crippen MR) is 110 cm³/mol. The molecule has 0 aliphatic carbocycles. The fraction of sp³-hybridized carbons (Fsp3) is 0.350. The first-order chi connectivity index (χ1) is 13.9. The summed E-state index contributed by atoms with van der Waals surface area (Å²) in [7, 11) is 1.39. The number of carbonyl (C=O) groups is 1. The molecule has 3 rings (SSSR count). The van der Waals surface area contributed by atoms with E-state index in [0.717, 1.165) is 0 Å². The summed E-state index contributed by atoms with van der Waals surface area (Å²) in [5.74, 6) is 0.408. The number of nitrogens with one attached hydrogen (secondary N) is 1. The zero-order valence-electron chi connectivity index (χ0n) is 16.7. The van der Waals surface area contributed by atoms with Gasteiger partial charge in [0.15, 0.2) is 11.5 Å². The quantitative estimate of drug-likeness (QED) is 0.769. The third-order valence-corrected chi connectivity index (χ3v) is 6.77. The van der Waals surface area contributed by atoms with Crippen molar-refractivity contribution in [2.45, 2.75) is 4.90 Å². The summed E-state index contributed by atoms with van der Waals surface area (Å²) in [6.45, 7) is 2.34. The lowest BCUT2D eigenvalue weighted by Crippen LogP contribution is -2.46. The highest BCUT2D eigenvalue weighted by molar-refractivity contribution is 7.89. The van der Waals surface area contributed by atoms with Crippen LogP contribution in [0.5, 0.6) is 11.5 Å². The van der Waals surface area contributed by atoms with Crippen LogP contribution in [0.1, 0.15) is 10.4 Å². The van der Waals surface area contributed by atoms with E-state index in [1.54, 1.807) is 30.3 Å². The number of amides is 1. The molecule has 0 aromatic heterocycles. The van der Waals surface area contributed by atoms with Gasteiger partial charge in [-0.05, 0) is 43.4 Å². The van der Waals surface area contributed by atoms with E-state index >= 15 is 0 Å². The average molecular weight is 420 g/mol. The number of para-hydroxylation sites is 1. The summed E-state index contributed by atoms with van der Waals surface area (Å²) >= 11 is 0. The third-order valence-electron chi connectivity index (χ3n) is 4.86. The van der Waals surface area contributed by atoms with Gasteiger partial charge >= 0.3 is 0 Å². The number of sulfonamides is 1. The fourth-order valence-corrected chi connectivity index (χ4v) is 4.57. The van der Waals surface area contributed by atoms with Gasteiger partial charge in [0.1, 0.15) is 0 Å². The Balaban J connectivity index is 1.75. The minimum absolute atomic E-state index is 0.207. The molecule has 8 nitrogen and oxygen atoms in total. The zero-order valence-corrected chi connectivity index (χ0v) is 17.5. The van der Waals surface area contributed by atoms with Crippen LogP contribution in [-0.2, 0) is 10.0 Å². The SMILES string of the molecule is COc1cccc(C(=O)Nc2ccc(S(=O)(=O)N3CCN(C)CC3)cc2)c1OC. The van der Waals surface area contributed by atoms with Gasteiger partial charge in [-0.1, -0.05) is 6.07 Å². The molecule has 1 fully saturated rings. The number of nitrogens with zero attached hydrogens (tertiary/aromatic N) is 2. The van der Waals surface area contributed by atoms with E-state index in [1.807, 2.05) is 7.05 Å². The number of hydrogen-bond acceptors (Lipinski definition) is 6. The molecule has 1 heterocycles. The van der Waals surface area contributed by atoms with Gasteiger partial charge in [0, 0.05) is 31.9 Å². The average Bonchev–Trinajstić information content (AvgIpc) is 2.73. The summed E-state index contributed by atoms with van der Waals surface area (Å²) in [6, 6.07) is 11.2. The Morgan fingerprint density at radius 2 is 1.62 bits per heavy atom. The molecule has 0 radical (unpaired) electrons. The van der Waals surface area contributed by atoms with Crippen LogP contribution >= 0.6 is 0 Å². The van der Waals surface area contributed by atoms with Crippen molar-refractivity contribution >= 4 is 21.6 Å². The van der Waals surface area contributed by atoms with E-state index in [2.05, 4.69) is 10.2 Å². The van der Waals surface area contributed by atoms with Gasteiger partial charge in [-0.2, -0.15) is 4.31 Å². The lowest BCUT2D eigenvalue weighted by atomic mass is 10.1. The highest BCUT2D eigenvalue weighted by Gasteiger charge is 2.27. The third kappa shape index (κ3) is 4.52. The molecule has 0 saturated carbocycles. The smallest absolute Gasteiger partial charge is 0.259 e. The van der Waals surface area contributed by atoms with Gasteiger partial charge in [-0.15, -0.1) is 0 Å². The predicted octanol–water partition coefficient (Wildman–Crippen LogP) is 1.89. The molecule has 1 aliphatic heterocycles. The molecule has 1 amide bonds. The Kier molecular flexibility index (Phi) is 6.41. The van der Waals surface area contributed by atoms with Crippen LogP contribution < -0.4 is 14.8 Å². The van der Waals surface area contributed by atoms with Gasteiger partial charge in [0.25, 0.3) is 5.91 Å². The number of ether oxygens (including phenoxy) is 2. The molecule has 156 valence electrons. The largest absolute Gasteiger partial charge is 0.493 e. The number of anilines is 1. The van der Waals surface area contributed by atoms with Crippen LogP contribution in [0.2, 0.25) is 0 Å². The molecule has 1 aliphatic rings. The molecule has 0 bridgehead atoms. The Bertz CT molecular complexity index is 968. The number of likely N-dealkylation sites (N-methyl/N-ethyl adjacent to an activating group) is 1. The Morgan fingerprint density at radius 1 is 0.966 bits per heavy atom. The molecule has 9 heteroatoms. The van der Waals surface area contributed by atoms with Crippen LogP contribution in [-0.4, -0.2) is 71.0 Å². The van der Waals surface area contributed by atoms with Gasteiger partial charge < -0.3 is 19.7 Å². The van der Waals surface area contributed by atoms with Crippen molar-refractivity contribution in [2.24, 2.45) is 0 Å². The topological polar surface area (TPSA) is 88.2 Å². The lowest BCUT2D eigenvalue weighted by molar-refractivity contribution is 0.102. The van der Waals surface area contributed by atoms with Crippen molar-refractivity contribution in [1.82, 2.24) is 9.21 Å². The normalized spacial score (nSPS) is 15.7. The molecule has 1 N–H and O–H groups in total. The van der Waals surface area contributed by atoms with E-state index in [0.29, 0.717) is 48.9 Å². The van der Waals surface area contributed by atoms with E-state index in [1.165, 1.54) is 30.7 Å². The first kappa shape index (κ1) is 21.1. The van der Waals surface area contributed by atoms with Gasteiger partial charge in [-0.25, -0.2) is 8.42 Å². The number of carbonyl (C=O) groups excluding carboxylic acids is 1. The van der Waals surface area contributed by atoms with Crippen molar-refractivity contribution < 1.29 is 22.7 Å². The van der Waals surface area contributed by atoms with E-state index in [9.17, 15) is 13.2 Å². The number of piperazine rings is 1. The minimum atomic E-state index is -3.55. The van der Waals surface area contributed by atoms with Crippen molar-refractivity contribution in [1.29, 1.82) is 0 Å². The maximum Gasteiger partial charge on any atom is 0.259 e. The Hall–Kier alpha value is -2.62. The first-order valence-corrected chi connectivity index (χ1v) is 10.6. The zero-order chi connectivity index (χ0) is 21.0. The van der Waals surface area contributed by atoms with Crippen molar-refractivity contribution in [2.75, 3.05) is 52.8 Å². The summed E-state index contributed by atoms with van der Waals surface area (Å²) in [5, 5.41) is 2.76. The second-order valence-corrected chi connectivity index (χ2v) is 8.66. The number of hydrogen-bond donors (Lipinski definition) is 1. The summed E-state index contributed by atoms with van der Waals surface area (Å²) < 4.78 is 37.6. The molecule has 29 heavy (non-hydrogen) atoms. The standard InChI is InChI=1S/C20H25N3O5S/c1-22-11-13-23(14-12-22)29(25,26)16-9-7-15(8-10-16)21-20(24)17-5-4-6-18(27-2)19(17)28-3/h4-10H,11-14H2,1-3H3,(H,21,24). The second kappa shape index (κ2) is 8.81. The van der Waals surface area contributed by atoms with Crippen molar-refractivity contribution in [3.8, 4) is 11.5 Å². The summed E-state index contributed by atoms with van der Waals surface area (Å²) in [5.41, 5.74) is 0.804. The maximum atomic E-state index is 12.8. The minimum Gasteiger partial charge on any atom is -0.493 e. The van der Waals surface area contributed by atoms with Crippen LogP contribution in [0.15, 0.2) is 47.4 Å². The first-order valence-electron chi connectivity index (χ1n) is 9.18. The second-order valence-electron chi connectivity index (χ2n) is 6.73. The Labute approximate surface area is 171 Å². The molecule has 2 aromatic carbocycles. The van der Waals surface area contributed by atoms with Crippen molar-refractivity contribution in [3.63, 3.8) is 0 Å². The highest BCUT2D eigenvalue weighted by atomic mass is 32.2. The lowest BCUT2D eigenvalue weighted by Gasteiger charge is -2.31. The van der Waals surface area contributed by atoms with Gasteiger partial charge in [0.05, 0.1) is 24.7 Å². The summed E-state index contributed by atoms with van der Waals surface area (Å²) in [4.78, 5) is 14.9. The fourth-order valence-electron chi connectivity index (χ4n) is 3.15. The molecule has 1 saturated heterocycles. The summed E-state index contributed by atoms with van der Waals surface area (Å²) in [6.07, 6.45) is 0. The molecule has 0 atom stereocenters. The highest BCUT2D eigenvalue weighted by Crippen LogP contribution is 2.31. The van der Waals surface area contributed by atoms with E-state index < -0.39 is 10.0 Å². The van der Waals surface area contributed by atoms with Gasteiger partial charge in [0.2, 0.25) is 10.0 Å². The molecule has 2 aromatic rings. The van der Waals surface area contributed by atoms with Crippen LogP contribution in [0.3, 0.4) is 0 Å². The molecular weight excluding hydrogens is 394 g/mol. The van der Waals surface area contributed by atoms with Gasteiger partial charge in [-0.3, -0.25) is 4.79 Å². The molecular formula is C20H25N3O5S. The number of benzene rings is 2. The van der Waals surface area contributed by atoms with Crippen LogP contribution in [0.25, 0.3) is 0 Å². The Morgan fingerprint density at radius 3 is 2.21 bits per heavy atom. The molecule has 0 spiro atoms. The number of rotatable bonds is 6. The monoisotopic (exact) mass is 419 g/mol. The van der Waals surface area contributed by atoms with Crippen LogP contribution in [0, 0.1) is 0 Å². The van der Waals surface area contributed by atoms with E-state index in [-0.39, 0.29) is 10.8 Å². The van der Waals surface area contributed by atoms with E-state index in [4.69, 9.17) is 9.47 Å². The molecule has 0 unspecified atom stereocenters.